The Balaban J connectivity index is 3.48. The summed E-state index contributed by atoms with van der Waals surface area (Å²) >= 11 is 3.70. The van der Waals surface area contributed by atoms with Gasteiger partial charge in [0.2, 0.25) is 0 Å². The Kier molecular flexibility index (Phi) is 10.9. The Hall–Kier alpha value is 0.480. The molecule has 0 aliphatic carbocycles. The molecule has 0 saturated heterocycles. The van der Waals surface area contributed by atoms with Crippen molar-refractivity contribution in [1.29, 1.82) is 0 Å². The number of rotatable bonds is 11. The fourth-order valence-electron chi connectivity index (χ4n) is 2.32. The lowest BCUT2D eigenvalue weighted by atomic mass is 9.80. The summed E-state index contributed by atoms with van der Waals surface area (Å²) in [5, 5.41) is 1.18. The maximum absolute atomic E-state index is 3.70. The summed E-state index contributed by atoms with van der Waals surface area (Å²) < 4.78 is 0. The second-order valence-corrected chi connectivity index (χ2v) is 5.77. The molecule has 0 rings (SSSR count). The van der Waals surface area contributed by atoms with E-state index in [1.165, 1.54) is 69.5 Å². The number of unbranched alkanes of at least 4 members (excludes halogenated alkanes) is 6. The number of hydrogen-bond donors (Lipinski definition) is 0. The molecule has 0 nitrogen and oxygen atoms in total. The first-order valence-corrected chi connectivity index (χ1v) is 8.42. The summed E-state index contributed by atoms with van der Waals surface area (Å²) in [4.78, 5) is 0. The second kappa shape index (κ2) is 10.6. The highest BCUT2D eigenvalue weighted by Gasteiger charge is 2.23. The van der Waals surface area contributed by atoms with Crippen LogP contribution in [0.3, 0.4) is 0 Å². The first kappa shape index (κ1) is 16.5. The molecular weight excluding hydrogens is 260 g/mol. The molecule has 0 radical (unpaired) electrons. The first-order valence-electron chi connectivity index (χ1n) is 7.30. The van der Waals surface area contributed by atoms with Crippen molar-refractivity contribution >= 4 is 15.9 Å². The molecule has 0 heterocycles. The largest absolute Gasteiger partial charge is 0.0922 e. The zero-order valence-electron chi connectivity index (χ0n) is 11.7. The summed E-state index contributed by atoms with van der Waals surface area (Å²) in [6, 6.07) is 0. The normalized spacial score (nSPS) is 12.0. The summed E-state index contributed by atoms with van der Waals surface area (Å²) in [6.45, 7) is 6.96. The molecule has 0 aromatic rings. The zero-order valence-corrected chi connectivity index (χ0v) is 13.2. The van der Waals surface area contributed by atoms with E-state index in [2.05, 4.69) is 36.7 Å². The fraction of sp³-hybridized carbons (Fsp3) is 1.00. The van der Waals surface area contributed by atoms with Gasteiger partial charge in [-0.15, -0.1) is 0 Å². The van der Waals surface area contributed by atoms with Gasteiger partial charge in [-0.05, 0) is 24.7 Å². The number of hydrogen-bond acceptors (Lipinski definition) is 0. The van der Waals surface area contributed by atoms with Crippen LogP contribution in [0.2, 0.25) is 0 Å². The third-order valence-corrected chi connectivity index (χ3v) is 5.28. The van der Waals surface area contributed by atoms with Crippen LogP contribution in [0.25, 0.3) is 0 Å². The van der Waals surface area contributed by atoms with Gasteiger partial charge < -0.3 is 0 Å². The van der Waals surface area contributed by atoms with E-state index in [4.69, 9.17) is 0 Å². The minimum Gasteiger partial charge on any atom is -0.0922 e. The van der Waals surface area contributed by atoms with Crippen molar-refractivity contribution < 1.29 is 0 Å². The Morgan fingerprint density at radius 2 is 1.25 bits per heavy atom. The number of halogens is 1. The molecule has 98 valence electrons. The molecular formula is C15H31Br. The van der Waals surface area contributed by atoms with Crippen molar-refractivity contribution in [2.75, 3.05) is 5.33 Å². The maximum atomic E-state index is 3.70. The highest BCUT2D eigenvalue weighted by atomic mass is 79.9. The van der Waals surface area contributed by atoms with E-state index in [1.807, 2.05) is 0 Å². The average Bonchev–Trinajstić information content (AvgIpc) is 2.34. The van der Waals surface area contributed by atoms with E-state index in [0.717, 1.165) is 0 Å². The molecule has 0 fully saturated rings. The highest BCUT2D eigenvalue weighted by molar-refractivity contribution is 9.09. The first-order chi connectivity index (χ1) is 7.74. The molecule has 0 unspecified atom stereocenters. The van der Waals surface area contributed by atoms with E-state index in [9.17, 15) is 0 Å². The van der Waals surface area contributed by atoms with Gasteiger partial charge in [-0.1, -0.05) is 81.6 Å². The van der Waals surface area contributed by atoms with Crippen molar-refractivity contribution in [3.05, 3.63) is 0 Å². The van der Waals surface area contributed by atoms with Crippen molar-refractivity contribution in [1.82, 2.24) is 0 Å². The highest BCUT2D eigenvalue weighted by Crippen LogP contribution is 2.34. The molecule has 0 aromatic carbocycles. The maximum Gasteiger partial charge on any atom is 0.00877 e. The molecule has 0 aromatic heterocycles. The van der Waals surface area contributed by atoms with Crippen molar-refractivity contribution in [2.45, 2.75) is 85.0 Å². The summed E-state index contributed by atoms with van der Waals surface area (Å²) in [6.07, 6.45) is 14.1. The van der Waals surface area contributed by atoms with Crippen LogP contribution in [0.5, 0.6) is 0 Å². The minimum atomic E-state index is 0.587. The quantitative estimate of drug-likeness (QED) is 0.308. The van der Waals surface area contributed by atoms with Crippen molar-refractivity contribution in [2.24, 2.45) is 5.41 Å². The van der Waals surface area contributed by atoms with E-state index in [0.29, 0.717) is 5.41 Å². The molecule has 0 bridgehead atoms. The van der Waals surface area contributed by atoms with Gasteiger partial charge in [-0.3, -0.25) is 0 Å². The van der Waals surface area contributed by atoms with Gasteiger partial charge in [0.15, 0.2) is 0 Å². The lowest BCUT2D eigenvalue weighted by Gasteiger charge is -2.29. The molecule has 0 atom stereocenters. The Labute approximate surface area is 112 Å². The fourth-order valence-corrected chi connectivity index (χ4v) is 3.39. The van der Waals surface area contributed by atoms with Crippen LogP contribution < -0.4 is 0 Å². The molecule has 0 N–H and O–H groups in total. The van der Waals surface area contributed by atoms with Crippen LogP contribution in [-0.2, 0) is 0 Å². The summed E-state index contributed by atoms with van der Waals surface area (Å²) in [5.41, 5.74) is 0.587. The van der Waals surface area contributed by atoms with Gasteiger partial charge >= 0.3 is 0 Å². The van der Waals surface area contributed by atoms with Crippen LogP contribution in [0, 0.1) is 5.41 Å². The Morgan fingerprint density at radius 1 is 0.750 bits per heavy atom. The standard InChI is InChI=1S/C15H31Br/c1-4-7-8-9-10-11-12-13-15(5-2,6-3)14-16/h4-14H2,1-3H3. The monoisotopic (exact) mass is 290 g/mol. The third-order valence-electron chi connectivity index (χ3n) is 4.09. The smallest absolute Gasteiger partial charge is 0.00877 e. The van der Waals surface area contributed by atoms with Gasteiger partial charge in [0.1, 0.15) is 0 Å². The zero-order chi connectivity index (χ0) is 12.3. The van der Waals surface area contributed by atoms with Gasteiger partial charge in [0, 0.05) is 5.33 Å². The molecule has 0 aliphatic rings. The minimum absolute atomic E-state index is 0.587. The van der Waals surface area contributed by atoms with Crippen molar-refractivity contribution in [3.8, 4) is 0 Å². The average molecular weight is 291 g/mol. The SMILES string of the molecule is CCCCCCCCCC(CC)(CC)CBr. The topological polar surface area (TPSA) is 0 Å². The van der Waals surface area contributed by atoms with Gasteiger partial charge in [0.05, 0.1) is 0 Å². The third kappa shape index (κ3) is 6.93. The van der Waals surface area contributed by atoms with E-state index in [-0.39, 0.29) is 0 Å². The molecule has 0 spiro atoms. The van der Waals surface area contributed by atoms with Crippen LogP contribution in [-0.4, -0.2) is 5.33 Å². The predicted octanol–water partition coefficient (Wildman–Crippen LogP) is 6.33. The molecule has 0 aliphatic heterocycles. The van der Waals surface area contributed by atoms with E-state index in [1.54, 1.807) is 0 Å². The van der Waals surface area contributed by atoms with E-state index >= 15 is 0 Å². The van der Waals surface area contributed by atoms with Crippen molar-refractivity contribution in [3.63, 3.8) is 0 Å². The van der Waals surface area contributed by atoms with Crippen LogP contribution >= 0.6 is 15.9 Å². The lowest BCUT2D eigenvalue weighted by molar-refractivity contribution is 0.271. The Bertz CT molecular complexity index is 130. The predicted molar refractivity (Wildman–Crippen MR) is 79.4 cm³/mol. The molecule has 0 saturated carbocycles. The van der Waals surface area contributed by atoms with Gasteiger partial charge in [-0.2, -0.15) is 0 Å². The molecule has 0 amide bonds. The summed E-state index contributed by atoms with van der Waals surface area (Å²) in [7, 11) is 0. The van der Waals surface area contributed by atoms with Gasteiger partial charge in [-0.25, -0.2) is 0 Å². The number of alkyl halides is 1. The van der Waals surface area contributed by atoms with Crippen LogP contribution in [0.15, 0.2) is 0 Å². The lowest BCUT2D eigenvalue weighted by Crippen LogP contribution is -2.20. The molecule has 16 heavy (non-hydrogen) atoms. The van der Waals surface area contributed by atoms with Crippen LogP contribution in [0.4, 0.5) is 0 Å². The van der Waals surface area contributed by atoms with Gasteiger partial charge in [0.25, 0.3) is 0 Å². The summed E-state index contributed by atoms with van der Waals surface area (Å²) in [5.74, 6) is 0. The van der Waals surface area contributed by atoms with E-state index < -0.39 is 0 Å². The van der Waals surface area contributed by atoms with Crippen LogP contribution in [0.1, 0.15) is 85.0 Å². The Morgan fingerprint density at radius 3 is 1.69 bits per heavy atom. The second-order valence-electron chi connectivity index (χ2n) is 5.21. The molecule has 1 heteroatoms.